The summed E-state index contributed by atoms with van der Waals surface area (Å²) in [5.41, 5.74) is 0.662. The van der Waals surface area contributed by atoms with Gasteiger partial charge in [0.15, 0.2) is 10.2 Å². The molecule has 2 aromatic rings. The average molecular weight is 334 g/mol. The second-order valence-electron chi connectivity index (χ2n) is 3.96. The zero-order valence-electron chi connectivity index (χ0n) is 11.1. The molecular formula is C13H10N4O3S2. The van der Waals surface area contributed by atoms with Gasteiger partial charge in [0.05, 0.1) is 4.92 Å². The fourth-order valence-electron chi connectivity index (χ4n) is 1.45. The number of thiazole rings is 1. The number of hydrogen-bond acceptors (Lipinski definition) is 6. The van der Waals surface area contributed by atoms with Gasteiger partial charge in [-0.25, -0.2) is 4.98 Å². The number of nitrogens with zero attached hydrogens (tertiary/aromatic N) is 2. The van der Waals surface area contributed by atoms with Crippen molar-refractivity contribution in [3.05, 3.63) is 57.6 Å². The Bertz CT molecular complexity index is 711. The highest BCUT2D eigenvalue weighted by Gasteiger charge is 2.04. The number of nitro benzene ring substituents is 1. The minimum absolute atomic E-state index is 0.00423. The number of anilines is 1. The summed E-state index contributed by atoms with van der Waals surface area (Å²) in [6.07, 6.45) is 4.44. The highest BCUT2D eigenvalue weighted by atomic mass is 32.1. The normalized spacial score (nSPS) is 10.4. The number of aromatic nitrogens is 1. The van der Waals surface area contributed by atoms with Crippen LogP contribution in [-0.4, -0.2) is 20.9 Å². The Morgan fingerprint density at radius 2 is 2.09 bits per heavy atom. The van der Waals surface area contributed by atoms with E-state index in [2.05, 4.69) is 15.6 Å². The van der Waals surface area contributed by atoms with Gasteiger partial charge in [0.2, 0.25) is 5.91 Å². The van der Waals surface area contributed by atoms with Crippen LogP contribution in [-0.2, 0) is 4.79 Å². The van der Waals surface area contributed by atoms with Crippen LogP contribution in [0.25, 0.3) is 6.08 Å². The number of amides is 1. The molecule has 0 saturated carbocycles. The fourth-order valence-corrected chi connectivity index (χ4v) is 2.24. The third-order valence-corrected chi connectivity index (χ3v) is 3.31. The van der Waals surface area contributed by atoms with E-state index in [1.54, 1.807) is 23.7 Å². The summed E-state index contributed by atoms with van der Waals surface area (Å²) < 4.78 is 0. The largest absolute Gasteiger partial charge is 0.308 e. The zero-order chi connectivity index (χ0) is 15.9. The van der Waals surface area contributed by atoms with Gasteiger partial charge in [0.25, 0.3) is 5.69 Å². The van der Waals surface area contributed by atoms with Gasteiger partial charge in [0.1, 0.15) is 0 Å². The molecule has 0 unspecified atom stereocenters. The molecule has 1 aromatic carbocycles. The number of carbonyl (C=O) groups excluding carboxylic acids is 1. The van der Waals surface area contributed by atoms with Crippen LogP contribution in [0, 0.1) is 10.1 Å². The quantitative estimate of drug-likeness (QED) is 0.386. The van der Waals surface area contributed by atoms with Crippen molar-refractivity contribution in [3.8, 4) is 0 Å². The van der Waals surface area contributed by atoms with Crippen molar-refractivity contribution < 1.29 is 9.72 Å². The monoisotopic (exact) mass is 334 g/mol. The van der Waals surface area contributed by atoms with Gasteiger partial charge in [-0.1, -0.05) is 0 Å². The molecule has 1 heterocycles. The molecule has 2 rings (SSSR count). The second-order valence-corrected chi connectivity index (χ2v) is 5.27. The van der Waals surface area contributed by atoms with Crippen LogP contribution >= 0.6 is 23.6 Å². The molecule has 0 aliphatic carbocycles. The molecule has 0 radical (unpaired) electrons. The van der Waals surface area contributed by atoms with Gasteiger partial charge in [-0.05, 0) is 36.0 Å². The van der Waals surface area contributed by atoms with Crippen LogP contribution < -0.4 is 10.6 Å². The first-order valence-electron chi connectivity index (χ1n) is 5.98. The lowest BCUT2D eigenvalue weighted by Crippen LogP contribution is -2.32. The minimum atomic E-state index is -0.483. The number of nitrogens with one attached hydrogen (secondary N) is 2. The Labute approximate surface area is 134 Å². The number of non-ortho nitro benzene ring substituents is 1. The lowest BCUT2D eigenvalue weighted by atomic mass is 10.2. The third kappa shape index (κ3) is 4.72. The molecule has 0 aliphatic rings. The van der Waals surface area contributed by atoms with Gasteiger partial charge in [0, 0.05) is 29.8 Å². The smallest absolute Gasteiger partial charge is 0.269 e. The molecule has 0 fully saturated rings. The summed E-state index contributed by atoms with van der Waals surface area (Å²) in [5, 5.41) is 18.3. The number of nitro groups is 1. The van der Waals surface area contributed by atoms with Gasteiger partial charge >= 0.3 is 0 Å². The Hall–Kier alpha value is -2.65. The zero-order valence-corrected chi connectivity index (χ0v) is 12.7. The summed E-state index contributed by atoms with van der Waals surface area (Å²) in [6.45, 7) is 0. The highest BCUT2D eigenvalue weighted by molar-refractivity contribution is 7.80. The summed E-state index contributed by atoms with van der Waals surface area (Å²) >= 11 is 6.33. The first-order chi connectivity index (χ1) is 10.5. The molecule has 1 amide bonds. The SMILES string of the molecule is O=C(C=Cc1ccc([N+](=O)[O-])cc1)NC(=S)Nc1nccs1. The van der Waals surface area contributed by atoms with Crippen LogP contribution in [0.15, 0.2) is 41.9 Å². The lowest BCUT2D eigenvalue weighted by molar-refractivity contribution is -0.384. The van der Waals surface area contributed by atoms with Crippen molar-refractivity contribution in [2.75, 3.05) is 5.32 Å². The Balaban J connectivity index is 1.88. The van der Waals surface area contributed by atoms with Crippen molar-refractivity contribution in [2.45, 2.75) is 0 Å². The number of benzene rings is 1. The van der Waals surface area contributed by atoms with E-state index in [0.29, 0.717) is 10.7 Å². The fraction of sp³-hybridized carbons (Fsp3) is 0. The van der Waals surface area contributed by atoms with Crippen LogP contribution in [0.2, 0.25) is 0 Å². The van der Waals surface area contributed by atoms with E-state index in [4.69, 9.17) is 12.2 Å². The number of thiocarbonyl (C=S) groups is 1. The van der Waals surface area contributed by atoms with Crippen molar-refractivity contribution in [1.82, 2.24) is 10.3 Å². The summed E-state index contributed by atoms with van der Waals surface area (Å²) in [5.74, 6) is -0.410. The predicted molar refractivity (Wildman–Crippen MR) is 88.6 cm³/mol. The first-order valence-corrected chi connectivity index (χ1v) is 7.27. The number of rotatable bonds is 4. The van der Waals surface area contributed by atoms with Crippen molar-refractivity contribution in [3.63, 3.8) is 0 Å². The van der Waals surface area contributed by atoms with E-state index in [-0.39, 0.29) is 10.8 Å². The Morgan fingerprint density at radius 3 is 2.68 bits per heavy atom. The number of carbonyl (C=O) groups is 1. The average Bonchev–Trinajstić information content (AvgIpc) is 2.98. The molecule has 112 valence electrons. The second kappa shape index (κ2) is 7.38. The Morgan fingerprint density at radius 1 is 1.36 bits per heavy atom. The first kappa shape index (κ1) is 15.7. The molecular weight excluding hydrogens is 324 g/mol. The minimum Gasteiger partial charge on any atom is -0.308 e. The topological polar surface area (TPSA) is 97.2 Å². The Kier molecular flexibility index (Phi) is 5.28. The molecule has 0 bridgehead atoms. The maximum atomic E-state index is 11.7. The van der Waals surface area contributed by atoms with Gasteiger partial charge < -0.3 is 5.32 Å². The van der Waals surface area contributed by atoms with Gasteiger partial charge in [-0.15, -0.1) is 11.3 Å². The molecule has 0 aliphatic heterocycles. The highest BCUT2D eigenvalue weighted by Crippen LogP contribution is 2.13. The molecule has 0 spiro atoms. The third-order valence-electron chi connectivity index (χ3n) is 2.42. The van der Waals surface area contributed by atoms with E-state index in [9.17, 15) is 14.9 Å². The maximum absolute atomic E-state index is 11.7. The van der Waals surface area contributed by atoms with Crippen LogP contribution in [0.4, 0.5) is 10.8 Å². The molecule has 7 nitrogen and oxygen atoms in total. The standard InChI is InChI=1S/C13H10N4O3S2/c18-11(15-12(21)16-13-14-7-8-22-13)6-3-9-1-4-10(5-2-9)17(19)20/h1-8H,(H2,14,15,16,18,21). The number of hydrogen-bond donors (Lipinski definition) is 2. The van der Waals surface area contributed by atoms with E-state index >= 15 is 0 Å². The molecule has 1 aromatic heterocycles. The van der Waals surface area contributed by atoms with E-state index < -0.39 is 10.8 Å². The molecule has 0 saturated heterocycles. The summed E-state index contributed by atoms with van der Waals surface area (Å²) in [7, 11) is 0. The van der Waals surface area contributed by atoms with Crippen LogP contribution in [0.3, 0.4) is 0 Å². The summed E-state index contributed by atoms with van der Waals surface area (Å²) in [4.78, 5) is 25.7. The van der Waals surface area contributed by atoms with Gasteiger partial charge in [-0.3, -0.25) is 20.2 Å². The van der Waals surface area contributed by atoms with Crippen molar-refractivity contribution >= 4 is 51.5 Å². The predicted octanol–water partition coefficient (Wildman–Crippen LogP) is 2.58. The van der Waals surface area contributed by atoms with E-state index in [1.807, 2.05) is 0 Å². The van der Waals surface area contributed by atoms with E-state index in [1.165, 1.54) is 35.6 Å². The van der Waals surface area contributed by atoms with E-state index in [0.717, 1.165) is 0 Å². The lowest BCUT2D eigenvalue weighted by Gasteiger charge is -2.04. The summed E-state index contributed by atoms with van der Waals surface area (Å²) in [6, 6.07) is 5.83. The molecule has 9 heteroatoms. The maximum Gasteiger partial charge on any atom is 0.269 e. The molecule has 0 atom stereocenters. The van der Waals surface area contributed by atoms with Gasteiger partial charge in [-0.2, -0.15) is 0 Å². The molecule has 2 N–H and O–H groups in total. The molecule has 22 heavy (non-hydrogen) atoms. The van der Waals surface area contributed by atoms with Crippen molar-refractivity contribution in [2.24, 2.45) is 0 Å². The van der Waals surface area contributed by atoms with Crippen molar-refractivity contribution in [1.29, 1.82) is 0 Å². The van der Waals surface area contributed by atoms with Crippen LogP contribution in [0.1, 0.15) is 5.56 Å². The van der Waals surface area contributed by atoms with Crippen LogP contribution in [0.5, 0.6) is 0 Å².